The molecule has 0 saturated heterocycles. The molecular weight excluding hydrogens is 562 g/mol. The molecule has 4 aromatic rings. The van der Waals surface area contributed by atoms with E-state index in [2.05, 4.69) is 10.1 Å². The molecule has 1 aliphatic carbocycles. The molecule has 0 amide bonds. The van der Waals surface area contributed by atoms with Gasteiger partial charge in [-0.1, -0.05) is 0 Å². The maximum Gasteiger partial charge on any atom is 0.269 e. The van der Waals surface area contributed by atoms with E-state index in [0.717, 1.165) is 40.2 Å². The molecule has 9 nitrogen and oxygen atoms in total. The van der Waals surface area contributed by atoms with E-state index < -0.39 is 32.7 Å². The van der Waals surface area contributed by atoms with Crippen LogP contribution in [0.25, 0.3) is 0 Å². The van der Waals surface area contributed by atoms with Gasteiger partial charge in [-0.3, -0.25) is 4.68 Å². The van der Waals surface area contributed by atoms with E-state index in [4.69, 9.17) is 14.2 Å². The van der Waals surface area contributed by atoms with Gasteiger partial charge in [0, 0.05) is 60.2 Å². The minimum absolute atomic E-state index is 0.0433. The number of halogens is 2. The normalized spacial score (nSPS) is 17.1. The molecule has 1 saturated carbocycles. The Bertz CT molecular complexity index is 1590. The van der Waals surface area contributed by atoms with Crippen molar-refractivity contribution in [2.24, 2.45) is 7.05 Å². The van der Waals surface area contributed by atoms with Crippen molar-refractivity contribution in [1.82, 2.24) is 14.8 Å². The first-order valence-corrected chi connectivity index (χ1v) is 14.8. The van der Waals surface area contributed by atoms with Crippen molar-refractivity contribution in [3.63, 3.8) is 0 Å². The molecule has 0 radical (unpaired) electrons. The number of methoxy groups -OCH3 is 2. The summed E-state index contributed by atoms with van der Waals surface area (Å²) in [5.74, 6) is -1.61. The zero-order valence-corrected chi connectivity index (χ0v) is 23.7. The summed E-state index contributed by atoms with van der Waals surface area (Å²) < 4.78 is 77.7. The van der Waals surface area contributed by atoms with Crippen LogP contribution in [0.3, 0.4) is 0 Å². The molecule has 2 atom stereocenters. The molecule has 0 N–H and O–H groups in total. The number of ether oxygens (including phenoxy) is 3. The van der Waals surface area contributed by atoms with E-state index in [1.165, 1.54) is 20.4 Å². The second-order valence-corrected chi connectivity index (χ2v) is 12.0. The molecule has 0 aliphatic heterocycles. The lowest BCUT2D eigenvalue weighted by atomic mass is 10.0. The summed E-state index contributed by atoms with van der Waals surface area (Å²) in [5, 5.41) is 5.88. The fraction of sp³-hybridized carbons (Fsp3) is 0.333. The van der Waals surface area contributed by atoms with Crippen molar-refractivity contribution in [3.8, 4) is 17.2 Å². The maximum atomic E-state index is 15.5. The van der Waals surface area contributed by atoms with Crippen molar-refractivity contribution in [1.29, 1.82) is 0 Å². The maximum absolute atomic E-state index is 15.5. The Labute approximate surface area is 235 Å². The van der Waals surface area contributed by atoms with E-state index in [1.54, 1.807) is 34.5 Å². The minimum Gasteiger partial charge on any atom is -0.497 e. The highest BCUT2D eigenvalue weighted by atomic mass is 32.2. The Hall–Kier alpha value is -3.71. The van der Waals surface area contributed by atoms with Gasteiger partial charge in [-0.2, -0.15) is 5.10 Å². The van der Waals surface area contributed by atoms with Gasteiger partial charge in [-0.25, -0.2) is 26.5 Å². The molecule has 2 aromatic carbocycles. The molecule has 2 heterocycles. The number of thiazole rings is 1. The molecule has 1 fully saturated rings. The Morgan fingerprint density at radius 2 is 1.88 bits per heavy atom. The minimum atomic E-state index is -4.60. The summed E-state index contributed by atoms with van der Waals surface area (Å²) in [4.78, 5) is 3.30. The van der Waals surface area contributed by atoms with E-state index in [0.29, 0.717) is 29.5 Å². The standard InChI is InChI=1S/C27H28F2N4O5S2/c1-32-22(9-10-31-32)19-5-4-6-23(19)38-25-14-21(29)26(15-20(25)28)40(34,35)33(27-30-11-12-39-27)16-17-7-8-18(36-2)13-24(17)37-3/h7-15,19,23H,4-6,16H2,1-3H3/t19-,23+/m1/s1. The number of aryl methyl sites for hydroxylation is 1. The van der Waals surface area contributed by atoms with Crippen molar-refractivity contribution in [2.75, 3.05) is 18.5 Å². The second kappa shape index (κ2) is 11.4. The molecule has 1 aliphatic rings. The third kappa shape index (κ3) is 5.35. The number of aromatic nitrogens is 3. The smallest absolute Gasteiger partial charge is 0.269 e. The average Bonchev–Trinajstić information content (AvgIpc) is 3.71. The fourth-order valence-electron chi connectivity index (χ4n) is 4.97. The van der Waals surface area contributed by atoms with Crippen LogP contribution in [0.15, 0.2) is 59.1 Å². The summed E-state index contributed by atoms with van der Waals surface area (Å²) in [6.07, 6.45) is 5.04. The highest BCUT2D eigenvalue weighted by molar-refractivity contribution is 7.93. The van der Waals surface area contributed by atoms with Crippen LogP contribution in [0.1, 0.15) is 36.4 Å². The molecule has 40 heavy (non-hydrogen) atoms. The largest absolute Gasteiger partial charge is 0.497 e. The van der Waals surface area contributed by atoms with Crippen LogP contribution in [0, 0.1) is 11.6 Å². The molecule has 212 valence electrons. The van der Waals surface area contributed by atoms with Gasteiger partial charge < -0.3 is 14.2 Å². The predicted octanol–water partition coefficient (Wildman–Crippen LogP) is 5.28. The van der Waals surface area contributed by atoms with Crippen molar-refractivity contribution in [2.45, 2.75) is 42.7 Å². The van der Waals surface area contributed by atoms with E-state index in [9.17, 15) is 8.42 Å². The Balaban J connectivity index is 1.47. The molecule has 13 heteroatoms. The second-order valence-electron chi connectivity index (χ2n) is 9.29. The monoisotopic (exact) mass is 590 g/mol. The highest BCUT2D eigenvalue weighted by Crippen LogP contribution is 2.39. The van der Waals surface area contributed by atoms with Crippen LogP contribution < -0.4 is 18.5 Å². The number of rotatable bonds is 10. The van der Waals surface area contributed by atoms with E-state index in [-0.39, 0.29) is 23.3 Å². The molecule has 0 unspecified atom stereocenters. The summed E-state index contributed by atoms with van der Waals surface area (Å²) in [6.45, 7) is -0.239. The third-order valence-corrected chi connectivity index (χ3v) is 9.63. The van der Waals surface area contributed by atoms with Crippen LogP contribution >= 0.6 is 11.3 Å². The van der Waals surface area contributed by atoms with Gasteiger partial charge >= 0.3 is 0 Å². The number of hydrogen-bond donors (Lipinski definition) is 0. The zero-order valence-electron chi connectivity index (χ0n) is 22.1. The summed E-state index contributed by atoms with van der Waals surface area (Å²) in [6, 6.07) is 8.25. The molecule has 0 bridgehead atoms. The first kappa shape index (κ1) is 27.8. The Morgan fingerprint density at radius 3 is 2.55 bits per heavy atom. The van der Waals surface area contributed by atoms with Gasteiger partial charge in [-0.15, -0.1) is 11.3 Å². The fourth-order valence-corrected chi connectivity index (χ4v) is 7.29. The number of benzene rings is 2. The SMILES string of the molecule is COc1ccc(CN(c2nccs2)S(=O)(=O)c2cc(F)c(O[C@H]3CCC[C@@H]3c3ccnn3C)cc2F)c(OC)c1. The number of nitrogens with zero attached hydrogens (tertiary/aromatic N) is 4. The van der Waals surface area contributed by atoms with Gasteiger partial charge in [0.1, 0.15) is 28.3 Å². The predicted molar refractivity (Wildman–Crippen MR) is 146 cm³/mol. The number of anilines is 1. The van der Waals surface area contributed by atoms with E-state index >= 15 is 8.78 Å². The zero-order chi connectivity index (χ0) is 28.4. The number of hydrogen-bond acceptors (Lipinski definition) is 8. The Morgan fingerprint density at radius 1 is 1.05 bits per heavy atom. The lowest BCUT2D eigenvalue weighted by Crippen LogP contribution is -2.31. The quantitative estimate of drug-likeness (QED) is 0.248. The van der Waals surface area contributed by atoms with Crippen LogP contribution in [-0.4, -0.2) is 43.5 Å². The summed E-state index contributed by atoms with van der Waals surface area (Å²) >= 11 is 1.05. The van der Waals surface area contributed by atoms with Gasteiger partial charge in [0.25, 0.3) is 10.0 Å². The van der Waals surface area contributed by atoms with Gasteiger partial charge in [0.2, 0.25) is 0 Å². The van der Waals surface area contributed by atoms with Crippen LogP contribution in [0.2, 0.25) is 0 Å². The lowest BCUT2D eigenvalue weighted by Gasteiger charge is -2.24. The first-order chi connectivity index (χ1) is 19.2. The van der Waals surface area contributed by atoms with E-state index in [1.807, 2.05) is 13.1 Å². The summed E-state index contributed by atoms with van der Waals surface area (Å²) in [7, 11) is 0.159. The Kier molecular flexibility index (Phi) is 7.95. The topological polar surface area (TPSA) is 95.8 Å². The summed E-state index contributed by atoms with van der Waals surface area (Å²) in [5.41, 5.74) is 1.42. The van der Waals surface area contributed by atoms with Gasteiger partial charge in [-0.05, 0) is 37.5 Å². The molecule has 2 aromatic heterocycles. The highest BCUT2D eigenvalue weighted by Gasteiger charge is 2.35. The lowest BCUT2D eigenvalue weighted by molar-refractivity contribution is 0.178. The van der Waals surface area contributed by atoms with Crippen molar-refractivity contribution >= 4 is 26.5 Å². The van der Waals surface area contributed by atoms with Crippen LogP contribution in [-0.2, 0) is 23.6 Å². The molecular formula is C27H28F2N4O5S2. The molecule has 0 spiro atoms. The average molecular weight is 591 g/mol. The molecule has 5 rings (SSSR count). The number of sulfonamides is 1. The third-order valence-electron chi connectivity index (χ3n) is 6.96. The van der Waals surface area contributed by atoms with Crippen LogP contribution in [0.5, 0.6) is 17.2 Å². The van der Waals surface area contributed by atoms with Gasteiger partial charge in [0.05, 0.1) is 20.8 Å². The van der Waals surface area contributed by atoms with Crippen molar-refractivity contribution in [3.05, 3.63) is 77.1 Å². The van der Waals surface area contributed by atoms with Crippen LogP contribution in [0.4, 0.5) is 13.9 Å². The first-order valence-electron chi connectivity index (χ1n) is 12.5. The van der Waals surface area contributed by atoms with Gasteiger partial charge in [0.15, 0.2) is 16.7 Å². The van der Waals surface area contributed by atoms with Crippen molar-refractivity contribution < 1.29 is 31.4 Å².